The summed E-state index contributed by atoms with van der Waals surface area (Å²) in [4.78, 5) is 12.2. The van der Waals surface area contributed by atoms with E-state index in [1.54, 1.807) is 24.3 Å². The molecule has 0 aliphatic rings. The van der Waals surface area contributed by atoms with Gasteiger partial charge in [-0.1, -0.05) is 29.8 Å². The van der Waals surface area contributed by atoms with E-state index in [1.807, 2.05) is 30.3 Å². The Morgan fingerprint density at radius 2 is 1.42 bits per heavy atom. The van der Waals surface area contributed by atoms with Gasteiger partial charge in [-0.05, 0) is 48.5 Å². The van der Waals surface area contributed by atoms with E-state index in [-0.39, 0.29) is 10.6 Å². The van der Waals surface area contributed by atoms with Gasteiger partial charge in [0.05, 0.1) is 22.0 Å². The number of benzene rings is 3. The Kier molecular flexibility index (Phi) is 5.34. The molecule has 0 spiro atoms. The molecule has 3 aromatic carbocycles. The third-order valence-electron chi connectivity index (χ3n) is 3.42. The van der Waals surface area contributed by atoms with E-state index in [0.29, 0.717) is 11.4 Å². The first kappa shape index (κ1) is 17.7. The summed E-state index contributed by atoms with van der Waals surface area (Å²) in [5.74, 6) is -2.90. The molecule has 0 aliphatic carbocycles. The third-order valence-corrected chi connectivity index (χ3v) is 3.73. The predicted molar refractivity (Wildman–Crippen MR) is 96.4 cm³/mol. The lowest BCUT2D eigenvalue weighted by molar-refractivity contribution is 0.102. The predicted octanol–water partition coefficient (Wildman–Crippen LogP) is 6.29. The van der Waals surface area contributed by atoms with Gasteiger partial charge in [0.15, 0.2) is 11.6 Å². The Labute approximate surface area is 153 Å². The molecule has 0 bridgehead atoms. The smallest absolute Gasteiger partial charge is 0.257 e. The maximum absolute atomic E-state index is 13.3. The highest BCUT2D eigenvalue weighted by atomic mass is 35.5. The molecule has 7 heteroatoms. The number of carbonyl (C=O) groups excluding carboxylic acids is 1. The van der Waals surface area contributed by atoms with Crippen molar-refractivity contribution >= 4 is 34.6 Å². The molecule has 0 aromatic heterocycles. The summed E-state index contributed by atoms with van der Waals surface area (Å²) in [7, 11) is 0. The van der Waals surface area contributed by atoms with Crippen LogP contribution in [0.15, 0.2) is 77.0 Å². The number of hydrogen-bond donors (Lipinski definition) is 1. The second kappa shape index (κ2) is 7.84. The standard InChI is InChI=1S/C19H12ClF2N3O/c20-16-11-18(22)17(21)10-15(16)19(26)23-12-6-8-14(9-7-12)25-24-13-4-2-1-3-5-13/h1-11H,(H,23,26). The Bertz CT molecular complexity index is 961. The van der Waals surface area contributed by atoms with Crippen LogP contribution in [0.25, 0.3) is 0 Å². The van der Waals surface area contributed by atoms with E-state index >= 15 is 0 Å². The van der Waals surface area contributed by atoms with E-state index in [0.717, 1.165) is 17.8 Å². The van der Waals surface area contributed by atoms with Crippen molar-refractivity contribution in [2.24, 2.45) is 10.2 Å². The molecular formula is C19H12ClF2N3O. The van der Waals surface area contributed by atoms with Crippen LogP contribution in [0.3, 0.4) is 0 Å². The molecule has 0 saturated heterocycles. The Morgan fingerprint density at radius 3 is 2.08 bits per heavy atom. The van der Waals surface area contributed by atoms with E-state index in [4.69, 9.17) is 11.6 Å². The first-order chi connectivity index (χ1) is 12.5. The molecule has 130 valence electrons. The number of nitrogens with one attached hydrogen (secondary N) is 1. The van der Waals surface area contributed by atoms with Crippen molar-refractivity contribution in [3.8, 4) is 0 Å². The zero-order chi connectivity index (χ0) is 18.5. The number of anilines is 1. The zero-order valence-corrected chi connectivity index (χ0v) is 14.0. The highest BCUT2D eigenvalue weighted by Crippen LogP contribution is 2.23. The maximum Gasteiger partial charge on any atom is 0.257 e. The van der Waals surface area contributed by atoms with Gasteiger partial charge in [0.1, 0.15) is 0 Å². The van der Waals surface area contributed by atoms with Crippen molar-refractivity contribution in [3.05, 3.63) is 89.0 Å². The summed E-state index contributed by atoms with van der Waals surface area (Å²) >= 11 is 5.79. The van der Waals surface area contributed by atoms with Crippen molar-refractivity contribution < 1.29 is 13.6 Å². The highest BCUT2D eigenvalue weighted by Gasteiger charge is 2.15. The van der Waals surface area contributed by atoms with Crippen LogP contribution >= 0.6 is 11.6 Å². The topological polar surface area (TPSA) is 53.8 Å². The molecule has 0 unspecified atom stereocenters. The second-order valence-electron chi connectivity index (χ2n) is 5.28. The summed E-state index contributed by atoms with van der Waals surface area (Å²) in [6, 6.07) is 17.3. The summed E-state index contributed by atoms with van der Waals surface area (Å²) in [5.41, 5.74) is 1.61. The lowest BCUT2D eigenvalue weighted by Gasteiger charge is -2.07. The SMILES string of the molecule is O=C(Nc1ccc(N=Nc2ccccc2)cc1)c1cc(F)c(F)cc1Cl. The van der Waals surface area contributed by atoms with Crippen molar-refractivity contribution in [2.45, 2.75) is 0 Å². The van der Waals surface area contributed by atoms with Crippen molar-refractivity contribution in [2.75, 3.05) is 5.32 Å². The molecule has 4 nitrogen and oxygen atoms in total. The van der Waals surface area contributed by atoms with Crippen LogP contribution in [-0.4, -0.2) is 5.91 Å². The number of rotatable bonds is 4. The van der Waals surface area contributed by atoms with Crippen LogP contribution in [0.1, 0.15) is 10.4 Å². The molecule has 1 N–H and O–H groups in total. The van der Waals surface area contributed by atoms with Crippen molar-refractivity contribution in [1.29, 1.82) is 0 Å². The molecule has 0 fully saturated rings. The summed E-state index contributed by atoms with van der Waals surface area (Å²) in [5, 5.41) is 10.6. The van der Waals surface area contributed by atoms with Gasteiger partial charge < -0.3 is 5.32 Å². The molecule has 0 aliphatic heterocycles. The van der Waals surface area contributed by atoms with Crippen LogP contribution in [0.2, 0.25) is 5.02 Å². The molecule has 0 heterocycles. The van der Waals surface area contributed by atoms with Crippen LogP contribution in [-0.2, 0) is 0 Å². The quantitative estimate of drug-likeness (QED) is 0.425. The molecule has 26 heavy (non-hydrogen) atoms. The van der Waals surface area contributed by atoms with Crippen molar-refractivity contribution in [1.82, 2.24) is 0 Å². The van der Waals surface area contributed by atoms with Crippen molar-refractivity contribution in [3.63, 3.8) is 0 Å². The average molecular weight is 372 g/mol. The van der Waals surface area contributed by atoms with Crippen LogP contribution < -0.4 is 5.32 Å². The number of halogens is 3. The summed E-state index contributed by atoms with van der Waals surface area (Å²) in [6.45, 7) is 0. The number of hydrogen-bond acceptors (Lipinski definition) is 3. The normalized spacial score (nSPS) is 10.9. The number of amides is 1. The Hall–Kier alpha value is -3.12. The van der Waals surface area contributed by atoms with Gasteiger partial charge in [0, 0.05) is 5.69 Å². The Balaban J connectivity index is 1.70. The molecule has 1 amide bonds. The van der Waals surface area contributed by atoms with Gasteiger partial charge in [-0.25, -0.2) is 8.78 Å². The maximum atomic E-state index is 13.3. The molecule has 0 saturated carbocycles. The van der Waals surface area contributed by atoms with Gasteiger partial charge in [-0.15, -0.1) is 0 Å². The van der Waals surface area contributed by atoms with Crippen LogP contribution in [0, 0.1) is 11.6 Å². The summed E-state index contributed by atoms with van der Waals surface area (Å²) < 4.78 is 26.4. The number of nitrogens with zero attached hydrogens (tertiary/aromatic N) is 2. The molecule has 3 rings (SSSR count). The van der Waals surface area contributed by atoms with Crippen LogP contribution in [0.5, 0.6) is 0 Å². The number of azo groups is 1. The van der Waals surface area contributed by atoms with Gasteiger partial charge in [0.25, 0.3) is 5.91 Å². The fourth-order valence-corrected chi connectivity index (χ4v) is 2.35. The largest absolute Gasteiger partial charge is 0.322 e. The zero-order valence-electron chi connectivity index (χ0n) is 13.3. The Morgan fingerprint density at radius 1 is 0.846 bits per heavy atom. The van der Waals surface area contributed by atoms with Crippen LogP contribution in [0.4, 0.5) is 25.8 Å². The van der Waals surface area contributed by atoms with E-state index < -0.39 is 17.5 Å². The fourth-order valence-electron chi connectivity index (χ4n) is 2.12. The molecule has 0 atom stereocenters. The monoisotopic (exact) mass is 371 g/mol. The third kappa shape index (κ3) is 4.29. The van der Waals surface area contributed by atoms with E-state index in [2.05, 4.69) is 15.5 Å². The minimum absolute atomic E-state index is 0.154. The van der Waals surface area contributed by atoms with Gasteiger partial charge in [-0.2, -0.15) is 10.2 Å². The molecule has 3 aromatic rings. The second-order valence-corrected chi connectivity index (χ2v) is 5.69. The lowest BCUT2D eigenvalue weighted by Crippen LogP contribution is -2.13. The van der Waals surface area contributed by atoms with Gasteiger partial charge in [-0.3, -0.25) is 4.79 Å². The minimum atomic E-state index is -1.14. The first-order valence-corrected chi connectivity index (χ1v) is 7.93. The van der Waals surface area contributed by atoms with Gasteiger partial charge >= 0.3 is 0 Å². The van der Waals surface area contributed by atoms with E-state index in [1.165, 1.54) is 0 Å². The molecular weight excluding hydrogens is 360 g/mol. The average Bonchev–Trinajstić information content (AvgIpc) is 2.65. The number of carbonyl (C=O) groups is 1. The minimum Gasteiger partial charge on any atom is -0.322 e. The highest BCUT2D eigenvalue weighted by molar-refractivity contribution is 6.34. The molecule has 0 radical (unpaired) electrons. The fraction of sp³-hybridized carbons (Fsp3) is 0. The summed E-state index contributed by atoms with van der Waals surface area (Å²) in [6.07, 6.45) is 0. The van der Waals surface area contributed by atoms with E-state index in [9.17, 15) is 13.6 Å². The van der Waals surface area contributed by atoms with Gasteiger partial charge in [0.2, 0.25) is 0 Å². The lowest BCUT2D eigenvalue weighted by atomic mass is 10.2. The first-order valence-electron chi connectivity index (χ1n) is 7.56.